The summed E-state index contributed by atoms with van der Waals surface area (Å²) in [4.78, 5) is 12.9. The summed E-state index contributed by atoms with van der Waals surface area (Å²) < 4.78 is 38.9. The molecular weight excluding hydrogens is 452 g/mol. The van der Waals surface area contributed by atoms with Gasteiger partial charge < -0.3 is 14.8 Å². The maximum Gasteiger partial charge on any atom is 0.264 e. The average molecular weight is 481 g/mol. The summed E-state index contributed by atoms with van der Waals surface area (Å²) >= 11 is 0. The molecule has 178 valence electrons. The molecule has 7 nitrogen and oxygen atoms in total. The predicted octanol–water partition coefficient (Wildman–Crippen LogP) is 3.78. The largest absolute Gasteiger partial charge is 0.491 e. The zero-order valence-electron chi connectivity index (χ0n) is 19.1. The molecule has 1 N–H and O–H groups in total. The van der Waals surface area contributed by atoms with Crippen molar-refractivity contribution >= 4 is 21.6 Å². The van der Waals surface area contributed by atoms with Crippen molar-refractivity contribution in [1.82, 2.24) is 5.32 Å². The number of nitrogens with zero attached hydrogens (tertiary/aromatic N) is 1. The third kappa shape index (κ3) is 5.40. The van der Waals surface area contributed by atoms with Gasteiger partial charge in [0.05, 0.1) is 17.2 Å². The number of anilines is 1. The van der Waals surface area contributed by atoms with E-state index in [1.165, 1.54) is 16.4 Å². The van der Waals surface area contributed by atoms with Gasteiger partial charge in [-0.05, 0) is 60.4 Å². The van der Waals surface area contributed by atoms with Gasteiger partial charge >= 0.3 is 0 Å². The zero-order chi connectivity index (χ0) is 24.0. The van der Waals surface area contributed by atoms with E-state index in [9.17, 15) is 13.2 Å². The Labute approximate surface area is 200 Å². The quantitative estimate of drug-likeness (QED) is 0.471. The van der Waals surface area contributed by atoms with E-state index in [1.54, 1.807) is 19.2 Å². The molecule has 3 aromatic rings. The first-order valence-electron chi connectivity index (χ1n) is 11.2. The highest BCUT2D eigenvalue weighted by molar-refractivity contribution is 7.92. The summed E-state index contributed by atoms with van der Waals surface area (Å²) in [5.74, 6) is 0.348. The van der Waals surface area contributed by atoms with E-state index in [-0.39, 0.29) is 17.3 Å². The topological polar surface area (TPSA) is 84.9 Å². The van der Waals surface area contributed by atoms with E-state index < -0.39 is 10.0 Å². The molecule has 0 saturated carbocycles. The van der Waals surface area contributed by atoms with Crippen molar-refractivity contribution in [1.29, 1.82) is 0 Å². The lowest BCUT2D eigenvalue weighted by atomic mass is 10.0. The number of sulfonamides is 1. The van der Waals surface area contributed by atoms with E-state index in [2.05, 4.69) is 5.32 Å². The molecule has 0 bridgehead atoms. The van der Waals surface area contributed by atoms with E-state index in [0.29, 0.717) is 36.8 Å². The van der Waals surface area contributed by atoms with Crippen molar-refractivity contribution in [3.63, 3.8) is 0 Å². The van der Waals surface area contributed by atoms with Gasteiger partial charge in [-0.15, -0.1) is 0 Å². The molecule has 0 spiro atoms. The molecule has 0 aromatic heterocycles. The highest BCUT2D eigenvalue weighted by Crippen LogP contribution is 2.32. The van der Waals surface area contributed by atoms with Crippen molar-refractivity contribution in [3.05, 3.63) is 89.5 Å². The lowest BCUT2D eigenvalue weighted by Gasteiger charge is -2.30. The van der Waals surface area contributed by atoms with Crippen molar-refractivity contribution in [2.75, 3.05) is 31.2 Å². The number of rotatable bonds is 9. The van der Waals surface area contributed by atoms with E-state index in [1.807, 2.05) is 48.5 Å². The second kappa shape index (κ2) is 10.7. The number of carbonyl (C=O) groups is 1. The van der Waals surface area contributed by atoms with Crippen LogP contribution in [0.25, 0.3) is 0 Å². The zero-order valence-corrected chi connectivity index (χ0v) is 19.9. The lowest BCUT2D eigenvalue weighted by Crippen LogP contribution is -2.35. The number of hydrogen-bond donors (Lipinski definition) is 1. The maximum atomic E-state index is 13.4. The first-order chi connectivity index (χ1) is 16.5. The minimum Gasteiger partial charge on any atom is -0.491 e. The van der Waals surface area contributed by atoms with Crippen LogP contribution in [0.5, 0.6) is 5.75 Å². The average Bonchev–Trinajstić information content (AvgIpc) is 2.87. The van der Waals surface area contributed by atoms with Gasteiger partial charge in [0, 0.05) is 25.8 Å². The third-order valence-corrected chi connectivity index (χ3v) is 7.47. The Morgan fingerprint density at radius 3 is 2.68 bits per heavy atom. The second-order valence-electron chi connectivity index (χ2n) is 8.01. The molecule has 0 aliphatic carbocycles. The highest BCUT2D eigenvalue weighted by atomic mass is 32.2. The second-order valence-corrected chi connectivity index (χ2v) is 9.87. The third-order valence-electron chi connectivity index (χ3n) is 5.66. The van der Waals surface area contributed by atoms with Gasteiger partial charge in [-0.3, -0.25) is 9.10 Å². The Kier molecular flexibility index (Phi) is 7.49. The number of methoxy groups -OCH3 is 1. The summed E-state index contributed by atoms with van der Waals surface area (Å²) in [7, 11) is -2.18. The smallest absolute Gasteiger partial charge is 0.264 e. The normalized spacial score (nSPS) is 13.3. The van der Waals surface area contributed by atoms with Gasteiger partial charge in [0.1, 0.15) is 12.4 Å². The summed E-state index contributed by atoms with van der Waals surface area (Å²) in [6.07, 6.45) is 1.61. The van der Waals surface area contributed by atoms with Crippen LogP contribution in [-0.4, -0.2) is 41.2 Å². The molecule has 0 radical (unpaired) electrons. The number of hydrogen-bond acceptors (Lipinski definition) is 5. The Morgan fingerprint density at radius 2 is 1.82 bits per heavy atom. The summed E-state index contributed by atoms with van der Waals surface area (Å²) in [6, 6.07) is 21.2. The molecule has 0 fully saturated rings. The lowest BCUT2D eigenvalue weighted by molar-refractivity contribution is 0.0950. The number of carbonyl (C=O) groups excluding carboxylic acids is 1. The van der Waals surface area contributed by atoms with Crippen molar-refractivity contribution in [2.45, 2.75) is 24.3 Å². The van der Waals surface area contributed by atoms with Gasteiger partial charge in [-0.2, -0.15) is 0 Å². The van der Waals surface area contributed by atoms with E-state index >= 15 is 0 Å². The van der Waals surface area contributed by atoms with Gasteiger partial charge in [-0.1, -0.05) is 36.4 Å². The number of para-hydroxylation sites is 1. The van der Waals surface area contributed by atoms with Crippen molar-refractivity contribution in [3.8, 4) is 5.75 Å². The Bertz CT molecular complexity index is 1260. The molecule has 0 atom stereocenters. The summed E-state index contributed by atoms with van der Waals surface area (Å²) in [5.41, 5.74) is 2.88. The molecule has 4 rings (SSSR count). The molecule has 3 aromatic carbocycles. The molecule has 0 saturated heterocycles. The minimum absolute atomic E-state index is 0.102. The Hall–Kier alpha value is -3.36. The summed E-state index contributed by atoms with van der Waals surface area (Å²) in [6.45, 7) is 1.63. The van der Waals surface area contributed by atoms with Crippen LogP contribution in [0.1, 0.15) is 27.9 Å². The summed E-state index contributed by atoms with van der Waals surface area (Å²) in [5, 5.41) is 2.86. The Balaban J connectivity index is 1.47. The van der Waals surface area contributed by atoms with Crippen LogP contribution >= 0.6 is 0 Å². The van der Waals surface area contributed by atoms with Gasteiger partial charge in [-0.25, -0.2) is 8.42 Å². The van der Waals surface area contributed by atoms with Crippen LogP contribution in [0.3, 0.4) is 0 Å². The number of benzene rings is 3. The van der Waals surface area contributed by atoms with Gasteiger partial charge in [0.15, 0.2) is 0 Å². The molecule has 1 aliphatic rings. The Morgan fingerprint density at radius 1 is 1.00 bits per heavy atom. The van der Waals surface area contributed by atoms with E-state index in [0.717, 1.165) is 24.0 Å². The monoisotopic (exact) mass is 480 g/mol. The fourth-order valence-electron chi connectivity index (χ4n) is 3.95. The molecule has 1 aliphatic heterocycles. The van der Waals surface area contributed by atoms with Crippen LogP contribution in [0.4, 0.5) is 5.69 Å². The standard InChI is InChI=1S/C26H28N2O5S/c1-32-15-16-33-23-11-4-7-20(17-23)19-27-26(29)22-9-5-12-24(18-22)34(30,31)28-14-6-10-21-8-2-3-13-25(21)28/h2-5,7-9,11-13,17-18H,6,10,14-16,19H2,1H3,(H,27,29). The number of nitrogens with one attached hydrogen (secondary N) is 1. The van der Waals surface area contributed by atoms with Crippen LogP contribution in [0, 0.1) is 0 Å². The molecule has 8 heteroatoms. The SMILES string of the molecule is COCCOc1cccc(CNC(=O)c2cccc(S(=O)(=O)N3CCCc4ccccc43)c2)c1. The molecular formula is C26H28N2O5S. The maximum absolute atomic E-state index is 13.4. The fraction of sp³-hybridized carbons (Fsp3) is 0.269. The van der Waals surface area contributed by atoms with Crippen molar-refractivity contribution in [2.24, 2.45) is 0 Å². The molecule has 1 amide bonds. The van der Waals surface area contributed by atoms with Crippen LogP contribution < -0.4 is 14.4 Å². The van der Waals surface area contributed by atoms with Gasteiger partial charge in [0.25, 0.3) is 15.9 Å². The first kappa shape index (κ1) is 23.8. The number of fused-ring (bicyclic) bond motifs is 1. The number of amides is 1. The van der Waals surface area contributed by atoms with Crippen LogP contribution in [-0.2, 0) is 27.7 Å². The predicted molar refractivity (Wildman–Crippen MR) is 131 cm³/mol. The fourth-order valence-corrected chi connectivity index (χ4v) is 5.53. The minimum atomic E-state index is -3.79. The van der Waals surface area contributed by atoms with E-state index in [4.69, 9.17) is 9.47 Å². The molecule has 0 unspecified atom stereocenters. The van der Waals surface area contributed by atoms with Crippen LogP contribution in [0.2, 0.25) is 0 Å². The number of ether oxygens (including phenoxy) is 2. The number of aryl methyl sites for hydroxylation is 1. The van der Waals surface area contributed by atoms with Gasteiger partial charge in [0.2, 0.25) is 0 Å². The first-order valence-corrected chi connectivity index (χ1v) is 12.6. The molecule has 34 heavy (non-hydrogen) atoms. The highest BCUT2D eigenvalue weighted by Gasteiger charge is 2.29. The van der Waals surface area contributed by atoms with Crippen molar-refractivity contribution < 1.29 is 22.7 Å². The molecule has 1 heterocycles. The van der Waals surface area contributed by atoms with Crippen LogP contribution in [0.15, 0.2) is 77.7 Å².